The monoisotopic (exact) mass is 527 g/mol. The topological polar surface area (TPSA) is 47.6 Å². The predicted molar refractivity (Wildman–Crippen MR) is 153 cm³/mol. The minimum Gasteiger partial charge on any atom is -0.465 e. The van der Waals surface area contributed by atoms with Gasteiger partial charge in [-0.05, 0) is 71.8 Å². The highest BCUT2D eigenvalue weighted by Crippen LogP contribution is 2.22. The largest absolute Gasteiger partial charge is 0.465 e. The van der Waals surface area contributed by atoms with Gasteiger partial charge in [0, 0.05) is 18.1 Å². The van der Waals surface area contributed by atoms with E-state index in [1.807, 2.05) is 36.4 Å². The lowest BCUT2D eigenvalue weighted by atomic mass is 10.0. The normalized spacial score (nSPS) is 11.8. The molecule has 4 aromatic rings. The summed E-state index contributed by atoms with van der Waals surface area (Å²) in [7, 11) is 1.38. The Labute approximate surface area is 230 Å². The Kier molecular flexibility index (Phi) is 10.1. The summed E-state index contributed by atoms with van der Waals surface area (Å²) < 4.78 is 11.1. The highest BCUT2D eigenvalue weighted by Gasteiger charge is 2.13. The zero-order chi connectivity index (χ0) is 26.7. The first-order chi connectivity index (χ1) is 18.5. The summed E-state index contributed by atoms with van der Waals surface area (Å²) in [5, 5.41) is 4.19. The van der Waals surface area contributed by atoms with Gasteiger partial charge in [-0.2, -0.15) is 0 Å². The highest BCUT2D eigenvalue weighted by atomic mass is 35.5. The number of benzene rings is 4. The van der Waals surface area contributed by atoms with Crippen LogP contribution in [-0.2, 0) is 35.5 Å². The predicted octanol–water partition coefficient (Wildman–Crippen LogP) is 7.27. The van der Waals surface area contributed by atoms with Crippen molar-refractivity contribution in [3.63, 3.8) is 0 Å². The van der Waals surface area contributed by atoms with Crippen LogP contribution in [0.2, 0.25) is 5.02 Å². The van der Waals surface area contributed by atoms with Crippen LogP contribution < -0.4 is 5.32 Å². The molecule has 0 amide bonds. The maximum absolute atomic E-state index is 11.7. The number of hydrogen-bond acceptors (Lipinski definition) is 4. The molecule has 196 valence electrons. The number of aryl methyl sites for hydroxylation is 3. The van der Waals surface area contributed by atoms with E-state index in [4.69, 9.17) is 21.1 Å². The summed E-state index contributed by atoms with van der Waals surface area (Å²) in [6, 6.07) is 32.7. The van der Waals surface area contributed by atoms with Gasteiger partial charge < -0.3 is 14.8 Å². The molecule has 0 saturated carbocycles. The number of halogens is 1. The fourth-order valence-corrected chi connectivity index (χ4v) is 4.34. The lowest BCUT2D eigenvalue weighted by Crippen LogP contribution is -2.23. The molecule has 4 rings (SSSR count). The van der Waals surface area contributed by atoms with Crippen LogP contribution in [0.3, 0.4) is 0 Å². The van der Waals surface area contributed by atoms with Crippen LogP contribution >= 0.6 is 11.6 Å². The molecule has 4 nitrogen and oxygen atoms in total. The standard InChI is InChI=1S/C33H34ClNO3/c1-24-3-5-25(6-4-24)7-8-26-9-11-28(12-10-26)23-38-32(29-17-19-31(34)20-18-29)22-35-21-27-13-15-30(16-14-27)33(36)37-2/h3-6,9-20,32,35H,7-8,21-23H2,1-2H3. The third-order valence-corrected chi connectivity index (χ3v) is 6.82. The number of rotatable bonds is 12. The minimum atomic E-state index is -0.333. The molecule has 0 radical (unpaired) electrons. The van der Waals surface area contributed by atoms with Crippen LogP contribution in [0.5, 0.6) is 0 Å². The maximum Gasteiger partial charge on any atom is 0.337 e. The average molecular weight is 528 g/mol. The van der Waals surface area contributed by atoms with E-state index in [0.717, 1.165) is 29.5 Å². The van der Waals surface area contributed by atoms with E-state index in [0.29, 0.717) is 30.3 Å². The number of carbonyl (C=O) groups excluding carboxylic acids is 1. The van der Waals surface area contributed by atoms with Crippen molar-refractivity contribution < 1.29 is 14.3 Å². The van der Waals surface area contributed by atoms with Gasteiger partial charge in [-0.25, -0.2) is 4.79 Å². The van der Waals surface area contributed by atoms with Gasteiger partial charge in [0.1, 0.15) is 0 Å². The quantitative estimate of drug-likeness (QED) is 0.197. The van der Waals surface area contributed by atoms with E-state index in [1.165, 1.54) is 23.8 Å². The molecule has 0 aliphatic rings. The van der Waals surface area contributed by atoms with E-state index < -0.39 is 0 Å². The SMILES string of the molecule is COC(=O)c1ccc(CNCC(OCc2ccc(CCc3ccc(C)cc3)cc2)c2ccc(Cl)cc2)cc1. The smallest absolute Gasteiger partial charge is 0.337 e. The molecule has 0 aliphatic heterocycles. The van der Waals surface area contributed by atoms with Gasteiger partial charge in [-0.15, -0.1) is 0 Å². The van der Waals surface area contributed by atoms with Crippen molar-refractivity contribution in [3.05, 3.63) is 141 Å². The second-order valence-electron chi connectivity index (χ2n) is 9.47. The summed E-state index contributed by atoms with van der Waals surface area (Å²) in [5.41, 5.74) is 7.80. The van der Waals surface area contributed by atoms with Gasteiger partial charge in [0.05, 0.1) is 25.4 Å². The van der Waals surface area contributed by atoms with E-state index in [9.17, 15) is 4.79 Å². The fraction of sp³-hybridized carbons (Fsp3) is 0.242. The molecular formula is C33H34ClNO3. The Morgan fingerprint density at radius 1 is 0.763 bits per heavy atom. The molecule has 0 heterocycles. The molecule has 5 heteroatoms. The van der Waals surface area contributed by atoms with Crippen LogP contribution in [0.1, 0.15) is 49.8 Å². The fourth-order valence-electron chi connectivity index (χ4n) is 4.22. The molecule has 0 saturated heterocycles. The first kappa shape index (κ1) is 27.6. The summed E-state index contributed by atoms with van der Waals surface area (Å²) in [6.07, 6.45) is 1.91. The molecule has 0 fully saturated rings. The molecule has 38 heavy (non-hydrogen) atoms. The molecule has 1 N–H and O–H groups in total. The van der Waals surface area contributed by atoms with E-state index in [2.05, 4.69) is 60.8 Å². The van der Waals surface area contributed by atoms with Crippen molar-refractivity contribution in [2.24, 2.45) is 0 Å². The molecule has 4 aromatic carbocycles. The first-order valence-electron chi connectivity index (χ1n) is 12.9. The Morgan fingerprint density at radius 2 is 1.32 bits per heavy atom. The Bertz CT molecular complexity index is 1280. The third kappa shape index (κ3) is 8.29. The molecule has 0 spiro atoms. The molecule has 1 unspecified atom stereocenters. The molecule has 0 bridgehead atoms. The molecule has 0 aromatic heterocycles. The number of hydrogen-bond donors (Lipinski definition) is 1. The number of ether oxygens (including phenoxy) is 2. The zero-order valence-electron chi connectivity index (χ0n) is 22.0. The van der Waals surface area contributed by atoms with Crippen LogP contribution in [0.4, 0.5) is 0 Å². The zero-order valence-corrected chi connectivity index (χ0v) is 22.7. The Morgan fingerprint density at radius 3 is 1.92 bits per heavy atom. The summed E-state index contributed by atoms with van der Waals surface area (Å²) in [5.74, 6) is -0.333. The highest BCUT2D eigenvalue weighted by molar-refractivity contribution is 6.30. The van der Waals surface area contributed by atoms with Gasteiger partial charge in [0.15, 0.2) is 0 Å². The summed E-state index contributed by atoms with van der Waals surface area (Å²) >= 11 is 6.12. The van der Waals surface area contributed by atoms with Gasteiger partial charge in [-0.3, -0.25) is 0 Å². The second-order valence-corrected chi connectivity index (χ2v) is 9.91. The maximum atomic E-state index is 11.7. The van der Waals surface area contributed by atoms with E-state index >= 15 is 0 Å². The van der Waals surface area contributed by atoms with Crippen molar-refractivity contribution >= 4 is 17.6 Å². The number of esters is 1. The van der Waals surface area contributed by atoms with E-state index in [1.54, 1.807) is 12.1 Å². The summed E-state index contributed by atoms with van der Waals surface area (Å²) in [4.78, 5) is 11.7. The van der Waals surface area contributed by atoms with Crippen molar-refractivity contribution in [2.45, 2.75) is 39.0 Å². The van der Waals surface area contributed by atoms with Gasteiger partial charge in [0.2, 0.25) is 0 Å². The summed E-state index contributed by atoms with van der Waals surface area (Å²) in [6.45, 7) is 3.92. The van der Waals surface area contributed by atoms with Crippen molar-refractivity contribution in [3.8, 4) is 0 Å². The number of methoxy groups -OCH3 is 1. The van der Waals surface area contributed by atoms with Crippen LogP contribution in [-0.4, -0.2) is 19.6 Å². The van der Waals surface area contributed by atoms with Gasteiger partial charge in [0.25, 0.3) is 0 Å². The first-order valence-corrected chi connectivity index (χ1v) is 13.3. The van der Waals surface area contributed by atoms with Gasteiger partial charge in [-0.1, -0.05) is 90.0 Å². The van der Waals surface area contributed by atoms with Crippen LogP contribution in [0.25, 0.3) is 0 Å². The average Bonchev–Trinajstić information content (AvgIpc) is 2.95. The van der Waals surface area contributed by atoms with Crippen molar-refractivity contribution in [1.82, 2.24) is 5.32 Å². The molecule has 0 aliphatic carbocycles. The number of nitrogens with one attached hydrogen (secondary N) is 1. The van der Waals surface area contributed by atoms with Crippen LogP contribution in [0.15, 0.2) is 97.1 Å². The lowest BCUT2D eigenvalue weighted by Gasteiger charge is -2.20. The van der Waals surface area contributed by atoms with E-state index in [-0.39, 0.29) is 12.1 Å². The molecule has 1 atom stereocenters. The number of carbonyl (C=O) groups is 1. The van der Waals surface area contributed by atoms with Crippen molar-refractivity contribution in [1.29, 1.82) is 0 Å². The molecular weight excluding hydrogens is 494 g/mol. The Balaban J connectivity index is 1.32. The van der Waals surface area contributed by atoms with Gasteiger partial charge >= 0.3 is 5.97 Å². The van der Waals surface area contributed by atoms with Crippen molar-refractivity contribution in [2.75, 3.05) is 13.7 Å². The minimum absolute atomic E-state index is 0.136. The lowest BCUT2D eigenvalue weighted by molar-refractivity contribution is 0.0396. The Hall–Kier alpha value is -3.44. The second kappa shape index (κ2) is 13.9. The van der Waals surface area contributed by atoms with Crippen LogP contribution in [0, 0.1) is 6.92 Å². The third-order valence-electron chi connectivity index (χ3n) is 6.57.